The van der Waals surface area contributed by atoms with E-state index in [1.807, 2.05) is 6.92 Å². The highest BCUT2D eigenvalue weighted by atomic mass is 35.5. The standard InChI is InChI=1S/C25H26ClN5O5S/c1-15-8-10-18(11-9-15)37(35,36)31-16(2)12-23(33)28-20-14-22(32)21(13-19(20)26)29-25(34)24(30-27)17-6-4-3-5-7-17/h3-11,13-14,16,31-32H,12,27H2,1-2H3,(H,28,33)(H,29,34). The molecule has 1 atom stereocenters. The summed E-state index contributed by atoms with van der Waals surface area (Å²) in [5.41, 5.74) is 1.39. The summed E-state index contributed by atoms with van der Waals surface area (Å²) < 4.78 is 27.5. The Bertz CT molecular complexity index is 1430. The van der Waals surface area contributed by atoms with Gasteiger partial charge in [0.25, 0.3) is 5.91 Å². The fourth-order valence-electron chi connectivity index (χ4n) is 3.37. The number of benzene rings is 3. The zero-order valence-electron chi connectivity index (χ0n) is 20.0. The molecule has 0 aromatic heterocycles. The van der Waals surface area contributed by atoms with Gasteiger partial charge in [-0.25, -0.2) is 13.1 Å². The van der Waals surface area contributed by atoms with Crippen LogP contribution in [0.3, 0.4) is 0 Å². The maximum atomic E-state index is 12.6. The molecule has 2 amide bonds. The molecular weight excluding hydrogens is 518 g/mol. The Kier molecular flexibility index (Phi) is 8.87. The number of hydrazone groups is 1. The number of anilines is 2. The van der Waals surface area contributed by atoms with Gasteiger partial charge < -0.3 is 21.6 Å². The first-order chi connectivity index (χ1) is 17.5. The first-order valence-electron chi connectivity index (χ1n) is 11.1. The number of nitrogens with zero attached hydrogens (tertiary/aromatic N) is 1. The second-order valence-corrected chi connectivity index (χ2v) is 10.4. The van der Waals surface area contributed by atoms with Gasteiger partial charge in [0.15, 0.2) is 5.71 Å². The van der Waals surface area contributed by atoms with Crippen LogP contribution in [0.2, 0.25) is 5.02 Å². The summed E-state index contributed by atoms with van der Waals surface area (Å²) in [4.78, 5) is 25.2. The molecule has 12 heteroatoms. The average Bonchev–Trinajstić information content (AvgIpc) is 2.83. The third kappa shape index (κ3) is 7.29. The number of rotatable bonds is 9. The SMILES string of the molecule is Cc1ccc(S(=O)(=O)NC(C)CC(=O)Nc2cc(O)c(NC(=O)C(=NN)c3ccccc3)cc2Cl)cc1. The largest absolute Gasteiger partial charge is 0.506 e. The van der Waals surface area contributed by atoms with Gasteiger partial charge in [-0.3, -0.25) is 9.59 Å². The molecule has 0 aliphatic heterocycles. The van der Waals surface area contributed by atoms with Crippen LogP contribution in [-0.2, 0) is 19.6 Å². The first kappa shape index (κ1) is 27.7. The number of aryl methyl sites for hydroxylation is 1. The van der Waals surface area contributed by atoms with Crippen molar-refractivity contribution in [2.45, 2.75) is 31.2 Å². The van der Waals surface area contributed by atoms with E-state index in [9.17, 15) is 23.1 Å². The molecule has 194 valence electrons. The maximum absolute atomic E-state index is 12.6. The number of sulfonamides is 1. The van der Waals surface area contributed by atoms with E-state index in [1.165, 1.54) is 24.3 Å². The van der Waals surface area contributed by atoms with Crippen LogP contribution in [0.4, 0.5) is 11.4 Å². The Hall–Kier alpha value is -3.93. The summed E-state index contributed by atoms with van der Waals surface area (Å²) >= 11 is 6.25. The lowest BCUT2D eigenvalue weighted by atomic mass is 10.1. The van der Waals surface area contributed by atoms with Crippen LogP contribution in [-0.4, -0.2) is 37.1 Å². The van der Waals surface area contributed by atoms with Gasteiger partial charge in [0.05, 0.1) is 21.3 Å². The second kappa shape index (κ2) is 11.9. The Morgan fingerprint density at radius 3 is 2.30 bits per heavy atom. The monoisotopic (exact) mass is 543 g/mol. The number of amides is 2. The molecule has 0 aliphatic carbocycles. The highest BCUT2D eigenvalue weighted by molar-refractivity contribution is 7.89. The van der Waals surface area contributed by atoms with E-state index < -0.39 is 27.9 Å². The Balaban J connectivity index is 1.64. The van der Waals surface area contributed by atoms with Crippen LogP contribution in [0.25, 0.3) is 0 Å². The van der Waals surface area contributed by atoms with Crippen LogP contribution in [0.5, 0.6) is 5.75 Å². The van der Waals surface area contributed by atoms with Crippen molar-refractivity contribution in [1.29, 1.82) is 0 Å². The van der Waals surface area contributed by atoms with Gasteiger partial charge in [0.1, 0.15) is 5.75 Å². The average molecular weight is 544 g/mol. The molecule has 37 heavy (non-hydrogen) atoms. The number of halogens is 1. The molecule has 10 nitrogen and oxygen atoms in total. The minimum Gasteiger partial charge on any atom is -0.506 e. The minimum atomic E-state index is -3.81. The summed E-state index contributed by atoms with van der Waals surface area (Å²) in [6.07, 6.45) is -0.200. The van der Waals surface area contributed by atoms with Crippen molar-refractivity contribution in [3.05, 3.63) is 82.9 Å². The molecule has 0 spiro atoms. The molecule has 0 bridgehead atoms. The van der Waals surface area contributed by atoms with Crippen LogP contribution >= 0.6 is 11.6 Å². The minimum absolute atomic E-state index is 0.0238. The molecule has 6 N–H and O–H groups in total. The number of phenolic OH excluding ortho intramolecular Hbond substituents is 1. The van der Waals surface area contributed by atoms with Gasteiger partial charge in [-0.1, -0.05) is 59.6 Å². The van der Waals surface area contributed by atoms with Crippen molar-refractivity contribution in [3.8, 4) is 5.75 Å². The lowest BCUT2D eigenvalue weighted by molar-refractivity contribution is -0.116. The van der Waals surface area contributed by atoms with E-state index in [1.54, 1.807) is 49.4 Å². The zero-order chi connectivity index (χ0) is 27.2. The van der Waals surface area contributed by atoms with E-state index in [2.05, 4.69) is 20.5 Å². The Labute approximate surface area is 219 Å². The van der Waals surface area contributed by atoms with Crippen molar-refractivity contribution in [2.24, 2.45) is 10.9 Å². The maximum Gasteiger partial charge on any atom is 0.276 e. The number of aromatic hydroxyl groups is 1. The van der Waals surface area contributed by atoms with E-state index in [4.69, 9.17) is 17.4 Å². The van der Waals surface area contributed by atoms with E-state index in [-0.39, 0.29) is 39.2 Å². The van der Waals surface area contributed by atoms with Crippen molar-refractivity contribution in [2.75, 3.05) is 10.6 Å². The van der Waals surface area contributed by atoms with E-state index >= 15 is 0 Å². The Morgan fingerprint density at radius 1 is 1.03 bits per heavy atom. The fraction of sp³-hybridized carbons (Fsp3) is 0.160. The third-order valence-corrected chi connectivity index (χ3v) is 7.10. The van der Waals surface area contributed by atoms with Gasteiger partial charge in [-0.05, 0) is 32.0 Å². The predicted molar refractivity (Wildman–Crippen MR) is 143 cm³/mol. The summed E-state index contributed by atoms with van der Waals surface area (Å²) in [6.45, 7) is 3.39. The quantitative estimate of drug-likeness (QED) is 0.120. The van der Waals surface area contributed by atoms with E-state index in [0.717, 1.165) is 5.56 Å². The van der Waals surface area contributed by atoms with Gasteiger partial charge in [-0.15, -0.1) is 0 Å². The molecule has 3 rings (SSSR count). The second-order valence-electron chi connectivity index (χ2n) is 8.23. The third-order valence-electron chi connectivity index (χ3n) is 5.18. The first-order valence-corrected chi connectivity index (χ1v) is 12.9. The topological polar surface area (TPSA) is 163 Å². The molecule has 0 fully saturated rings. The molecule has 3 aromatic rings. The summed E-state index contributed by atoms with van der Waals surface area (Å²) in [5, 5.41) is 19.0. The van der Waals surface area contributed by atoms with Crippen molar-refractivity contribution in [1.82, 2.24) is 4.72 Å². The number of phenols is 1. The van der Waals surface area contributed by atoms with Gasteiger partial charge in [-0.2, -0.15) is 5.10 Å². The normalized spacial score (nSPS) is 12.6. The van der Waals surface area contributed by atoms with Crippen LogP contribution in [0.1, 0.15) is 24.5 Å². The summed E-state index contributed by atoms with van der Waals surface area (Å²) in [6, 6.07) is 16.5. The number of hydrogen-bond donors (Lipinski definition) is 5. The molecule has 0 saturated carbocycles. The molecule has 0 saturated heterocycles. The van der Waals surface area contributed by atoms with Crippen LogP contribution in [0, 0.1) is 6.92 Å². The molecule has 0 aliphatic rings. The number of carbonyl (C=O) groups is 2. The van der Waals surface area contributed by atoms with Crippen molar-refractivity contribution in [3.63, 3.8) is 0 Å². The fourth-order valence-corrected chi connectivity index (χ4v) is 4.83. The summed E-state index contributed by atoms with van der Waals surface area (Å²) in [5.74, 6) is 3.78. The lowest BCUT2D eigenvalue weighted by Crippen LogP contribution is -2.35. The molecular formula is C25H26ClN5O5S. The zero-order valence-corrected chi connectivity index (χ0v) is 21.6. The van der Waals surface area contributed by atoms with Gasteiger partial charge >= 0.3 is 0 Å². The number of hydrogen-bond acceptors (Lipinski definition) is 7. The van der Waals surface area contributed by atoms with Crippen molar-refractivity contribution >= 4 is 50.5 Å². The van der Waals surface area contributed by atoms with Crippen LogP contribution < -0.4 is 21.2 Å². The number of nitrogens with one attached hydrogen (secondary N) is 3. The van der Waals surface area contributed by atoms with Gasteiger partial charge in [0.2, 0.25) is 15.9 Å². The smallest absolute Gasteiger partial charge is 0.276 e. The lowest BCUT2D eigenvalue weighted by Gasteiger charge is -2.16. The highest BCUT2D eigenvalue weighted by Gasteiger charge is 2.21. The van der Waals surface area contributed by atoms with E-state index in [0.29, 0.717) is 5.56 Å². The summed E-state index contributed by atoms with van der Waals surface area (Å²) in [7, 11) is -3.81. The molecule has 0 radical (unpaired) electrons. The molecule has 1 unspecified atom stereocenters. The van der Waals surface area contributed by atoms with Crippen molar-refractivity contribution < 1.29 is 23.1 Å². The number of nitrogens with two attached hydrogens (primary N) is 1. The molecule has 0 heterocycles. The number of carbonyl (C=O) groups excluding carboxylic acids is 2. The highest BCUT2D eigenvalue weighted by Crippen LogP contribution is 2.34. The molecule has 3 aromatic carbocycles. The Morgan fingerprint density at radius 2 is 1.68 bits per heavy atom. The predicted octanol–water partition coefficient (Wildman–Crippen LogP) is 3.35. The van der Waals surface area contributed by atoms with Crippen LogP contribution in [0.15, 0.2) is 76.7 Å². The van der Waals surface area contributed by atoms with Gasteiger partial charge in [0, 0.05) is 24.1 Å².